The fourth-order valence-corrected chi connectivity index (χ4v) is 6.34. The zero-order valence-corrected chi connectivity index (χ0v) is 28.4. The molecule has 1 saturated heterocycles. The second-order valence-electron chi connectivity index (χ2n) is 12.8. The van der Waals surface area contributed by atoms with Crippen LogP contribution in [-0.4, -0.2) is 59.7 Å². The molecule has 1 aliphatic rings. The zero-order chi connectivity index (χ0) is 34.4. The van der Waals surface area contributed by atoms with Crippen LogP contribution in [-0.2, 0) is 56.4 Å². The molecule has 8 nitrogen and oxygen atoms in total. The summed E-state index contributed by atoms with van der Waals surface area (Å²) in [6, 6.07) is 37.6. The maximum atomic E-state index is 11.6. The zero-order valence-electron chi connectivity index (χ0n) is 28.4. The molecule has 0 saturated carbocycles. The van der Waals surface area contributed by atoms with Gasteiger partial charge in [0, 0.05) is 0 Å². The summed E-state index contributed by atoms with van der Waals surface area (Å²) in [5.74, 6) is -0.991. The van der Waals surface area contributed by atoms with E-state index >= 15 is 0 Å². The van der Waals surface area contributed by atoms with Crippen molar-refractivity contribution < 1.29 is 33.9 Å². The van der Waals surface area contributed by atoms with E-state index in [0.29, 0.717) is 19.8 Å². The average Bonchev–Trinajstić information content (AvgIpc) is 3.11. The maximum absolute atomic E-state index is 11.6. The van der Waals surface area contributed by atoms with Gasteiger partial charge in [0.1, 0.15) is 24.4 Å². The molecule has 1 fully saturated rings. The van der Waals surface area contributed by atoms with Gasteiger partial charge >= 0.3 is 13.0 Å². The van der Waals surface area contributed by atoms with E-state index in [1.54, 1.807) is 0 Å². The standard InChI is InChI=1S/C40H48BNO7/c1-29-37(46-26-32-13-6-3-7-14-32)39(48-28-34-17-10-5-11-18-34)38(47-27-33-15-8-4-9-16-33)36(49-29)20-12-19-30-21-23-31(24-22-30)25-35(40(43)44)42-41(2)45/h3-11,13-18,21-24,29,35-39,42,45H,12,19-20,25-28H2,1-2H3,(H,43,44). The quantitative estimate of drug-likeness (QED) is 0.107. The van der Waals surface area contributed by atoms with Gasteiger partial charge in [-0.25, -0.2) is 0 Å². The molecule has 5 rings (SSSR count). The van der Waals surface area contributed by atoms with Gasteiger partial charge in [0.05, 0.1) is 32.0 Å². The van der Waals surface area contributed by atoms with E-state index in [9.17, 15) is 14.9 Å². The predicted molar refractivity (Wildman–Crippen MR) is 191 cm³/mol. The van der Waals surface area contributed by atoms with Crippen LogP contribution in [0, 0.1) is 0 Å². The summed E-state index contributed by atoms with van der Waals surface area (Å²) in [7, 11) is -0.903. The number of ether oxygens (including phenoxy) is 4. The Labute approximate surface area is 290 Å². The Kier molecular flexibility index (Phi) is 14.0. The minimum Gasteiger partial charge on any atom is -0.480 e. The molecule has 1 aliphatic heterocycles. The summed E-state index contributed by atoms with van der Waals surface area (Å²) < 4.78 is 26.7. The number of rotatable bonds is 18. The summed E-state index contributed by atoms with van der Waals surface area (Å²) in [6.07, 6.45) is 1.25. The second kappa shape index (κ2) is 18.8. The van der Waals surface area contributed by atoms with Crippen LogP contribution in [0.1, 0.15) is 47.6 Å². The fourth-order valence-electron chi connectivity index (χ4n) is 6.34. The molecule has 6 atom stereocenters. The summed E-state index contributed by atoms with van der Waals surface area (Å²) in [6.45, 7) is 4.88. The highest BCUT2D eigenvalue weighted by atomic mass is 16.6. The number of carboxylic acids is 1. The van der Waals surface area contributed by atoms with Crippen molar-refractivity contribution in [3.8, 4) is 0 Å². The van der Waals surface area contributed by atoms with Gasteiger partial charge in [-0.3, -0.25) is 4.79 Å². The predicted octanol–water partition coefficient (Wildman–Crippen LogP) is 6.25. The Morgan fingerprint density at radius 3 is 1.67 bits per heavy atom. The molecule has 258 valence electrons. The third-order valence-electron chi connectivity index (χ3n) is 8.88. The van der Waals surface area contributed by atoms with E-state index in [-0.39, 0.29) is 36.9 Å². The number of nitrogens with one attached hydrogen (secondary N) is 1. The number of hydrogen-bond donors (Lipinski definition) is 3. The molecule has 0 bridgehead atoms. The Bertz CT molecular complexity index is 1530. The molecule has 4 aromatic rings. The highest BCUT2D eigenvalue weighted by Crippen LogP contribution is 2.32. The van der Waals surface area contributed by atoms with E-state index in [1.165, 1.54) is 6.82 Å². The van der Waals surface area contributed by atoms with Gasteiger partial charge in [-0.1, -0.05) is 115 Å². The largest absolute Gasteiger partial charge is 0.480 e. The lowest BCUT2D eigenvalue weighted by Crippen LogP contribution is -2.59. The normalized spacial score (nSPS) is 21.2. The first kappa shape index (κ1) is 36.5. The van der Waals surface area contributed by atoms with E-state index < -0.39 is 19.1 Å². The van der Waals surface area contributed by atoms with Crippen LogP contribution < -0.4 is 5.23 Å². The number of benzene rings is 4. The molecule has 1 heterocycles. The van der Waals surface area contributed by atoms with Gasteiger partial charge < -0.3 is 34.3 Å². The summed E-state index contributed by atoms with van der Waals surface area (Å²) in [5, 5.41) is 21.8. The van der Waals surface area contributed by atoms with Crippen molar-refractivity contribution in [1.29, 1.82) is 0 Å². The average molecular weight is 666 g/mol. The van der Waals surface area contributed by atoms with Crippen molar-refractivity contribution >= 4 is 13.0 Å². The van der Waals surface area contributed by atoms with Gasteiger partial charge in [0.2, 0.25) is 0 Å². The van der Waals surface area contributed by atoms with Crippen LogP contribution in [0.25, 0.3) is 0 Å². The summed E-state index contributed by atoms with van der Waals surface area (Å²) >= 11 is 0. The van der Waals surface area contributed by atoms with Crippen molar-refractivity contribution in [2.24, 2.45) is 0 Å². The number of aliphatic carboxylic acids is 1. The Morgan fingerprint density at radius 2 is 1.18 bits per heavy atom. The second-order valence-corrected chi connectivity index (χ2v) is 12.8. The molecule has 6 unspecified atom stereocenters. The van der Waals surface area contributed by atoms with Gasteiger partial charge in [0.15, 0.2) is 0 Å². The molecule has 0 spiro atoms. The van der Waals surface area contributed by atoms with Crippen molar-refractivity contribution in [2.45, 2.75) is 95.8 Å². The molecular formula is C40H48BNO7. The third kappa shape index (κ3) is 11.4. The highest BCUT2D eigenvalue weighted by molar-refractivity contribution is 6.46. The van der Waals surface area contributed by atoms with Crippen LogP contribution in [0.15, 0.2) is 115 Å². The molecule has 0 radical (unpaired) electrons. The van der Waals surface area contributed by atoms with E-state index in [1.807, 2.05) is 78.9 Å². The number of aryl methyl sites for hydroxylation is 1. The first-order valence-corrected chi connectivity index (χ1v) is 17.2. The molecular weight excluding hydrogens is 617 g/mol. The van der Waals surface area contributed by atoms with Crippen LogP contribution in [0.4, 0.5) is 0 Å². The lowest BCUT2D eigenvalue weighted by atomic mass is 9.86. The maximum Gasteiger partial charge on any atom is 0.374 e. The number of carbonyl (C=O) groups is 1. The molecule has 0 aliphatic carbocycles. The molecule has 49 heavy (non-hydrogen) atoms. The van der Waals surface area contributed by atoms with Crippen LogP contribution >= 0.6 is 0 Å². The van der Waals surface area contributed by atoms with Crippen molar-refractivity contribution in [1.82, 2.24) is 5.23 Å². The Balaban J connectivity index is 1.29. The molecule has 3 N–H and O–H groups in total. The van der Waals surface area contributed by atoms with Crippen LogP contribution in [0.2, 0.25) is 6.82 Å². The van der Waals surface area contributed by atoms with Crippen molar-refractivity contribution in [2.75, 3.05) is 0 Å². The van der Waals surface area contributed by atoms with Gasteiger partial charge in [0.25, 0.3) is 0 Å². The number of carboxylic acid groups (broad SMARTS) is 1. The smallest absolute Gasteiger partial charge is 0.374 e. The third-order valence-corrected chi connectivity index (χ3v) is 8.88. The Morgan fingerprint density at radius 1 is 0.714 bits per heavy atom. The lowest BCUT2D eigenvalue weighted by Gasteiger charge is -2.45. The highest BCUT2D eigenvalue weighted by Gasteiger charge is 2.46. The van der Waals surface area contributed by atoms with Crippen LogP contribution in [0.5, 0.6) is 0 Å². The molecule has 4 aromatic carbocycles. The Hall–Kier alpha value is -3.83. The first-order valence-electron chi connectivity index (χ1n) is 17.2. The SMILES string of the molecule is CB(O)NC(Cc1ccc(CCCC2OC(C)C(OCc3ccccc3)C(OCc3ccccc3)C2OCc2ccccc2)cc1)C(=O)O. The minimum absolute atomic E-state index is 0.210. The van der Waals surface area contributed by atoms with E-state index in [2.05, 4.69) is 48.5 Å². The van der Waals surface area contributed by atoms with E-state index in [4.69, 9.17) is 18.9 Å². The molecule has 9 heteroatoms. The first-order chi connectivity index (χ1) is 23.9. The van der Waals surface area contributed by atoms with Gasteiger partial charge in [-0.15, -0.1) is 0 Å². The van der Waals surface area contributed by atoms with Crippen LogP contribution in [0.3, 0.4) is 0 Å². The van der Waals surface area contributed by atoms with Crippen molar-refractivity contribution in [3.05, 3.63) is 143 Å². The van der Waals surface area contributed by atoms with Gasteiger partial charge in [-0.05, 0) is 67.2 Å². The van der Waals surface area contributed by atoms with Crippen molar-refractivity contribution in [3.63, 3.8) is 0 Å². The number of hydrogen-bond acceptors (Lipinski definition) is 7. The van der Waals surface area contributed by atoms with Gasteiger partial charge in [-0.2, -0.15) is 0 Å². The van der Waals surface area contributed by atoms with E-state index in [0.717, 1.165) is 47.1 Å². The summed E-state index contributed by atoms with van der Waals surface area (Å²) in [4.78, 5) is 11.6. The minimum atomic E-state index is -0.991. The molecule has 0 amide bonds. The monoisotopic (exact) mass is 665 g/mol. The topological polar surface area (TPSA) is 106 Å². The lowest BCUT2D eigenvalue weighted by molar-refractivity contribution is -0.262. The fraction of sp³-hybridized carbons (Fsp3) is 0.375. The molecule has 0 aromatic heterocycles. The summed E-state index contributed by atoms with van der Waals surface area (Å²) in [5.41, 5.74) is 5.30.